The summed E-state index contributed by atoms with van der Waals surface area (Å²) in [4.78, 5) is 0. The largest absolute Gasteiger partial charge is 2.00 e. The maximum atomic E-state index is 0. The summed E-state index contributed by atoms with van der Waals surface area (Å²) in [6.07, 6.45) is 0. The summed E-state index contributed by atoms with van der Waals surface area (Å²) in [5.41, 5.74) is 0. The number of hydrogen-bond acceptors (Lipinski definition) is 0. The molecule has 43 valence electrons. The van der Waals surface area contributed by atoms with E-state index >= 15 is 0 Å². The Labute approximate surface area is 71.9 Å². The van der Waals surface area contributed by atoms with Crippen LogP contribution in [-0.2, 0) is 72.5 Å². The standard InChI is InChI=1S/2Ag.Co.2O/q2*+1;+2;2*-2. The molecule has 0 aliphatic heterocycles. The van der Waals surface area contributed by atoms with Crippen molar-refractivity contribution in [2.45, 2.75) is 0 Å². The number of rotatable bonds is 0. The Bertz CT molecular complexity index is 7.61. The molecule has 0 aromatic heterocycles. The van der Waals surface area contributed by atoms with Crippen LogP contribution in [0.2, 0.25) is 0 Å². The summed E-state index contributed by atoms with van der Waals surface area (Å²) in [7, 11) is 0. The molecule has 5 heavy (non-hydrogen) atoms. The molecule has 0 aliphatic rings. The molecule has 0 saturated heterocycles. The van der Waals surface area contributed by atoms with E-state index in [0.29, 0.717) is 0 Å². The van der Waals surface area contributed by atoms with Crippen molar-refractivity contribution in [3.05, 3.63) is 0 Å². The summed E-state index contributed by atoms with van der Waals surface area (Å²) < 4.78 is 0. The molecule has 0 saturated carbocycles. The van der Waals surface area contributed by atoms with Gasteiger partial charge in [0.05, 0.1) is 0 Å². The van der Waals surface area contributed by atoms with Crippen LogP contribution >= 0.6 is 0 Å². The third kappa shape index (κ3) is 24.8. The third-order valence-corrected chi connectivity index (χ3v) is 0. The first-order chi connectivity index (χ1) is 0. The van der Waals surface area contributed by atoms with Crippen molar-refractivity contribution in [1.29, 1.82) is 0 Å². The SMILES string of the molecule is [Ag+].[Ag+].[Co+2].[O-2].[O-2]. The maximum absolute atomic E-state index is 0. The summed E-state index contributed by atoms with van der Waals surface area (Å²) >= 11 is 0. The second-order valence-corrected chi connectivity index (χ2v) is 0. The monoisotopic (exact) mass is 305 g/mol. The van der Waals surface area contributed by atoms with E-state index in [-0.39, 0.29) is 72.5 Å². The summed E-state index contributed by atoms with van der Waals surface area (Å²) in [5.74, 6) is 0. The van der Waals surface area contributed by atoms with Gasteiger partial charge in [-0.3, -0.25) is 0 Å². The minimum absolute atomic E-state index is 0. The van der Waals surface area contributed by atoms with Crippen LogP contribution < -0.4 is 0 Å². The molecule has 0 unspecified atom stereocenters. The fourth-order valence-electron chi connectivity index (χ4n) is 0. The van der Waals surface area contributed by atoms with Crippen LogP contribution in [0.1, 0.15) is 0 Å². The van der Waals surface area contributed by atoms with E-state index in [9.17, 15) is 0 Å². The first kappa shape index (κ1) is 66.3. The fourth-order valence-corrected chi connectivity index (χ4v) is 0. The van der Waals surface area contributed by atoms with Gasteiger partial charge in [-0.1, -0.05) is 0 Å². The van der Waals surface area contributed by atoms with Crippen LogP contribution in [0.5, 0.6) is 0 Å². The van der Waals surface area contributed by atoms with Crippen molar-refractivity contribution in [2.75, 3.05) is 0 Å². The molecule has 0 atom stereocenters. The van der Waals surface area contributed by atoms with Crippen molar-refractivity contribution >= 4 is 0 Å². The van der Waals surface area contributed by atoms with Gasteiger partial charge in [0.2, 0.25) is 0 Å². The normalized spacial score (nSPS) is 0. The van der Waals surface area contributed by atoms with Gasteiger partial charge in [-0.05, 0) is 0 Å². The van der Waals surface area contributed by atoms with E-state index in [1.165, 1.54) is 0 Å². The first-order valence-corrected chi connectivity index (χ1v) is 0. The fraction of sp³-hybridized carbons (Fsp3) is 0. The molecule has 0 aliphatic carbocycles. The maximum Gasteiger partial charge on any atom is 2.00 e. The van der Waals surface area contributed by atoms with Gasteiger partial charge in [0.25, 0.3) is 0 Å². The molecule has 0 spiro atoms. The summed E-state index contributed by atoms with van der Waals surface area (Å²) in [6, 6.07) is 0. The van der Waals surface area contributed by atoms with Gasteiger partial charge in [0.1, 0.15) is 0 Å². The molecule has 5 heteroatoms. The Morgan fingerprint density at radius 3 is 0.600 bits per heavy atom. The van der Waals surface area contributed by atoms with Gasteiger partial charge in [0.15, 0.2) is 0 Å². The molecule has 0 fully saturated rings. The molecule has 0 aromatic rings. The van der Waals surface area contributed by atoms with Gasteiger partial charge < -0.3 is 11.0 Å². The van der Waals surface area contributed by atoms with Crippen molar-refractivity contribution in [3.8, 4) is 0 Å². The van der Waals surface area contributed by atoms with Gasteiger partial charge >= 0.3 is 61.5 Å². The van der Waals surface area contributed by atoms with E-state index in [2.05, 4.69) is 0 Å². The van der Waals surface area contributed by atoms with E-state index in [0.717, 1.165) is 0 Å². The van der Waals surface area contributed by atoms with Crippen LogP contribution in [-0.4, -0.2) is 0 Å². The molecule has 0 aromatic carbocycles. The minimum atomic E-state index is 0. The molecule has 1 radical (unpaired) electrons. The Morgan fingerprint density at radius 1 is 0.600 bits per heavy atom. The van der Waals surface area contributed by atoms with Gasteiger partial charge in [-0.15, -0.1) is 0 Å². The third-order valence-electron chi connectivity index (χ3n) is 0. The van der Waals surface area contributed by atoms with E-state index < -0.39 is 0 Å². The second kappa shape index (κ2) is 39.1. The minimum Gasteiger partial charge on any atom is -2.00 e. The molecule has 0 N–H and O–H groups in total. The number of hydrogen-bond donors (Lipinski definition) is 0. The van der Waals surface area contributed by atoms with E-state index in [4.69, 9.17) is 0 Å². The van der Waals surface area contributed by atoms with E-state index in [1.54, 1.807) is 0 Å². The Kier molecular flexibility index (Phi) is 518. The zero-order chi connectivity index (χ0) is 0. The van der Waals surface area contributed by atoms with Crippen molar-refractivity contribution in [3.63, 3.8) is 0 Å². The van der Waals surface area contributed by atoms with Gasteiger partial charge in [-0.2, -0.15) is 0 Å². The average molecular weight is 307 g/mol. The average Bonchev–Trinajstić information content (AvgIpc) is 0. The smallest absolute Gasteiger partial charge is 2.00 e. The Morgan fingerprint density at radius 2 is 0.600 bits per heavy atom. The van der Waals surface area contributed by atoms with Crippen molar-refractivity contribution in [2.24, 2.45) is 0 Å². The molecular formula is Ag2CoO2. The second-order valence-electron chi connectivity index (χ2n) is 0. The molecule has 2 nitrogen and oxygen atoms in total. The van der Waals surface area contributed by atoms with Crippen LogP contribution in [0.3, 0.4) is 0 Å². The van der Waals surface area contributed by atoms with Crippen LogP contribution in [0.25, 0.3) is 0 Å². The predicted molar refractivity (Wildman–Crippen MR) is 1.37 cm³/mol. The molecular weight excluding hydrogens is 307 g/mol. The van der Waals surface area contributed by atoms with Gasteiger partial charge in [-0.25, -0.2) is 0 Å². The molecule has 0 bridgehead atoms. The van der Waals surface area contributed by atoms with Crippen LogP contribution in [0, 0.1) is 0 Å². The Hall–Kier alpha value is 1.91. The first-order valence-electron chi connectivity index (χ1n) is 0. The topological polar surface area (TPSA) is 57.0 Å². The summed E-state index contributed by atoms with van der Waals surface area (Å²) in [6.45, 7) is 0. The van der Waals surface area contributed by atoms with Gasteiger partial charge in [0, 0.05) is 0 Å². The molecule has 0 amide bonds. The van der Waals surface area contributed by atoms with Crippen molar-refractivity contribution in [1.82, 2.24) is 0 Å². The molecule has 0 rings (SSSR count). The van der Waals surface area contributed by atoms with Crippen LogP contribution in [0.15, 0.2) is 0 Å². The quantitative estimate of drug-likeness (QED) is 0.555. The zero-order valence-corrected chi connectivity index (χ0v) is 5.76. The van der Waals surface area contributed by atoms with Crippen molar-refractivity contribution < 1.29 is 72.5 Å². The Balaban J connectivity index is 0. The molecule has 0 heterocycles. The van der Waals surface area contributed by atoms with E-state index in [1.807, 2.05) is 0 Å². The summed E-state index contributed by atoms with van der Waals surface area (Å²) in [5, 5.41) is 0. The predicted octanol–water partition coefficient (Wildman–Crippen LogP) is -0.245. The van der Waals surface area contributed by atoms with Crippen LogP contribution in [0.4, 0.5) is 0 Å². The zero-order valence-electron chi connectivity index (χ0n) is 1.75.